The van der Waals surface area contributed by atoms with Crippen LogP contribution in [0.3, 0.4) is 0 Å². The fraction of sp³-hybridized carbons (Fsp3) is 0.917. The fourth-order valence-corrected chi connectivity index (χ4v) is 2.46. The first kappa shape index (κ1) is 11.7. The molecule has 0 radical (unpaired) electrons. The molecule has 1 aliphatic carbocycles. The van der Waals surface area contributed by atoms with E-state index in [1.165, 1.54) is 12.8 Å². The Morgan fingerprint density at radius 2 is 1.94 bits per heavy atom. The monoisotopic (exact) mass is 225 g/mol. The van der Waals surface area contributed by atoms with Crippen molar-refractivity contribution in [2.24, 2.45) is 0 Å². The quantitative estimate of drug-likeness (QED) is 0.671. The summed E-state index contributed by atoms with van der Waals surface area (Å²) in [5.41, 5.74) is 0.174. The van der Waals surface area contributed by atoms with Crippen LogP contribution >= 0.6 is 0 Å². The summed E-state index contributed by atoms with van der Waals surface area (Å²) in [5.74, 6) is 0. The van der Waals surface area contributed by atoms with Gasteiger partial charge in [-0.1, -0.05) is 0 Å². The van der Waals surface area contributed by atoms with Crippen molar-refractivity contribution in [1.29, 1.82) is 0 Å². The van der Waals surface area contributed by atoms with Crippen molar-refractivity contribution in [3.8, 4) is 0 Å². The minimum atomic E-state index is 0.174. The lowest BCUT2D eigenvalue weighted by molar-refractivity contribution is 0.0738. The molecule has 0 unspecified atom stereocenters. The molecule has 1 saturated heterocycles. The van der Waals surface area contributed by atoms with Crippen LogP contribution in [-0.4, -0.2) is 66.0 Å². The summed E-state index contributed by atoms with van der Waals surface area (Å²) in [6.45, 7) is 7.05. The normalized spacial score (nSPS) is 23.9. The van der Waals surface area contributed by atoms with Crippen LogP contribution in [0.4, 0.5) is 4.79 Å². The molecule has 0 aromatic heterocycles. The molecule has 1 spiro atoms. The van der Waals surface area contributed by atoms with Crippen molar-refractivity contribution in [3.63, 3.8) is 0 Å². The Morgan fingerprint density at radius 3 is 2.44 bits per heavy atom. The number of piperazine rings is 1. The summed E-state index contributed by atoms with van der Waals surface area (Å²) in [4.78, 5) is 18.6. The van der Waals surface area contributed by atoms with Crippen LogP contribution in [0.15, 0.2) is 0 Å². The summed E-state index contributed by atoms with van der Waals surface area (Å²) in [6.07, 6.45) is 2.35. The molecular formula is C12H23N3O. The highest BCUT2D eigenvalue weighted by molar-refractivity contribution is 5.76. The minimum absolute atomic E-state index is 0.174. The first-order valence-corrected chi connectivity index (χ1v) is 6.19. The van der Waals surface area contributed by atoms with Gasteiger partial charge >= 0.3 is 6.03 Å². The molecule has 0 bridgehead atoms. The van der Waals surface area contributed by atoms with Gasteiger partial charge in [0.2, 0.25) is 0 Å². The molecule has 2 fully saturated rings. The highest BCUT2D eigenvalue weighted by Crippen LogP contribution is 2.44. The van der Waals surface area contributed by atoms with Crippen LogP contribution in [0.2, 0.25) is 0 Å². The number of nitrogens with zero attached hydrogens (tertiary/aromatic N) is 3. The third kappa shape index (κ3) is 1.90. The second kappa shape index (κ2) is 3.91. The molecule has 16 heavy (non-hydrogen) atoms. The fourth-order valence-electron chi connectivity index (χ4n) is 2.46. The van der Waals surface area contributed by atoms with E-state index in [0.29, 0.717) is 0 Å². The second-order valence-corrected chi connectivity index (χ2v) is 5.60. The standard InChI is InChI=1S/C12H23N3O/c1-10(2)14(4)11(16)15-8-7-13(3)9-12(15)5-6-12/h10H,5-9H2,1-4H3. The predicted octanol–water partition coefficient (Wildman–Crippen LogP) is 1.23. The Labute approximate surface area is 98.2 Å². The van der Waals surface area contributed by atoms with Crippen molar-refractivity contribution >= 4 is 6.03 Å². The average molecular weight is 225 g/mol. The topological polar surface area (TPSA) is 26.8 Å². The SMILES string of the molecule is CC(C)N(C)C(=O)N1CCN(C)CC12CC2. The molecule has 0 aromatic rings. The van der Waals surface area contributed by atoms with Gasteiger partial charge in [-0.3, -0.25) is 0 Å². The molecule has 92 valence electrons. The first-order valence-electron chi connectivity index (χ1n) is 6.19. The van der Waals surface area contributed by atoms with Gasteiger partial charge in [0.25, 0.3) is 0 Å². The lowest BCUT2D eigenvalue weighted by atomic mass is 10.1. The van der Waals surface area contributed by atoms with Crippen molar-refractivity contribution < 1.29 is 4.79 Å². The van der Waals surface area contributed by atoms with E-state index in [1.54, 1.807) is 0 Å². The lowest BCUT2D eigenvalue weighted by Crippen LogP contribution is -2.59. The molecule has 2 amide bonds. The zero-order chi connectivity index (χ0) is 11.9. The molecular weight excluding hydrogens is 202 g/mol. The van der Waals surface area contributed by atoms with Gasteiger partial charge < -0.3 is 14.7 Å². The number of carbonyl (C=O) groups excluding carboxylic acids is 1. The number of hydrogen-bond donors (Lipinski definition) is 0. The maximum absolute atomic E-state index is 12.3. The van der Waals surface area contributed by atoms with Gasteiger partial charge in [0, 0.05) is 32.7 Å². The Bertz CT molecular complexity index is 286. The van der Waals surface area contributed by atoms with Gasteiger partial charge in [-0.25, -0.2) is 4.79 Å². The van der Waals surface area contributed by atoms with Crippen LogP contribution in [0, 0.1) is 0 Å². The molecule has 0 atom stereocenters. The Balaban J connectivity index is 2.06. The number of amides is 2. The van der Waals surface area contributed by atoms with Crippen LogP contribution in [-0.2, 0) is 0 Å². The number of likely N-dealkylation sites (N-methyl/N-ethyl adjacent to an activating group) is 1. The summed E-state index contributed by atoms with van der Waals surface area (Å²) < 4.78 is 0. The highest BCUT2D eigenvalue weighted by atomic mass is 16.2. The summed E-state index contributed by atoms with van der Waals surface area (Å²) in [6, 6.07) is 0.489. The van der Waals surface area contributed by atoms with Gasteiger partial charge in [0.15, 0.2) is 0 Å². The average Bonchev–Trinajstić information content (AvgIpc) is 2.96. The van der Waals surface area contributed by atoms with E-state index in [0.717, 1.165) is 19.6 Å². The van der Waals surface area contributed by atoms with E-state index < -0.39 is 0 Å². The van der Waals surface area contributed by atoms with Gasteiger partial charge in [-0.05, 0) is 33.7 Å². The minimum Gasteiger partial charge on any atom is -0.325 e. The maximum Gasteiger partial charge on any atom is 0.320 e. The smallest absolute Gasteiger partial charge is 0.320 e. The van der Waals surface area contributed by atoms with Gasteiger partial charge in [0.1, 0.15) is 0 Å². The van der Waals surface area contributed by atoms with Crippen molar-refractivity contribution in [2.45, 2.75) is 38.3 Å². The molecule has 4 nitrogen and oxygen atoms in total. The van der Waals surface area contributed by atoms with Crippen LogP contribution < -0.4 is 0 Å². The van der Waals surface area contributed by atoms with Crippen molar-refractivity contribution in [3.05, 3.63) is 0 Å². The van der Waals surface area contributed by atoms with E-state index in [1.807, 2.05) is 11.9 Å². The molecule has 1 aliphatic heterocycles. The van der Waals surface area contributed by atoms with E-state index in [-0.39, 0.29) is 17.6 Å². The maximum atomic E-state index is 12.3. The lowest BCUT2D eigenvalue weighted by Gasteiger charge is -2.43. The van der Waals surface area contributed by atoms with Crippen LogP contribution in [0.1, 0.15) is 26.7 Å². The highest BCUT2D eigenvalue weighted by Gasteiger charge is 2.53. The van der Waals surface area contributed by atoms with E-state index in [2.05, 4.69) is 30.7 Å². The van der Waals surface area contributed by atoms with Crippen molar-refractivity contribution in [2.75, 3.05) is 33.7 Å². The number of rotatable bonds is 1. The molecule has 0 aromatic carbocycles. The Morgan fingerprint density at radius 1 is 1.31 bits per heavy atom. The molecule has 4 heteroatoms. The van der Waals surface area contributed by atoms with Gasteiger partial charge in [-0.15, -0.1) is 0 Å². The van der Waals surface area contributed by atoms with Gasteiger partial charge in [-0.2, -0.15) is 0 Å². The third-order valence-electron chi connectivity index (χ3n) is 3.98. The Hall–Kier alpha value is -0.770. The molecule has 1 heterocycles. The first-order chi connectivity index (χ1) is 7.46. The summed E-state index contributed by atoms with van der Waals surface area (Å²) >= 11 is 0. The Kier molecular flexibility index (Phi) is 2.86. The van der Waals surface area contributed by atoms with Gasteiger partial charge in [0.05, 0.1) is 5.54 Å². The predicted molar refractivity (Wildman–Crippen MR) is 64.5 cm³/mol. The zero-order valence-electron chi connectivity index (χ0n) is 10.9. The van der Waals surface area contributed by atoms with E-state index in [9.17, 15) is 4.79 Å². The third-order valence-corrected chi connectivity index (χ3v) is 3.98. The molecule has 0 N–H and O–H groups in total. The largest absolute Gasteiger partial charge is 0.325 e. The zero-order valence-corrected chi connectivity index (χ0v) is 10.9. The number of urea groups is 1. The summed E-state index contributed by atoms with van der Waals surface area (Å²) in [5, 5.41) is 0. The molecule has 1 saturated carbocycles. The van der Waals surface area contributed by atoms with E-state index >= 15 is 0 Å². The molecule has 2 rings (SSSR count). The van der Waals surface area contributed by atoms with Crippen LogP contribution in [0.5, 0.6) is 0 Å². The number of hydrogen-bond acceptors (Lipinski definition) is 2. The molecule has 2 aliphatic rings. The number of carbonyl (C=O) groups is 1. The van der Waals surface area contributed by atoms with Crippen molar-refractivity contribution in [1.82, 2.24) is 14.7 Å². The van der Waals surface area contributed by atoms with Crippen LogP contribution in [0.25, 0.3) is 0 Å². The van der Waals surface area contributed by atoms with E-state index in [4.69, 9.17) is 0 Å². The second-order valence-electron chi connectivity index (χ2n) is 5.60. The summed E-state index contributed by atoms with van der Waals surface area (Å²) in [7, 11) is 4.05.